The third kappa shape index (κ3) is 3.51. The largest absolute Gasteiger partial charge is 0.412 e. The number of carbonyl (C=O) groups is 1. The van der Waals surface area contributed by atoms with Crippen LogP contribution in [0.1, 0.15) is 30.1 Å². The average molecular weight is 321 g/mol. The van der Waals surface area contributed by atoms with Crippen LogP contribution in [0, 0.1) is 0 Å². The van der Waals surface area contributed by atoms with Gasteiger partial charge in [0.15, 0.2) is 0 Å². The van der Waals surface area contributed by atoms with E-state index in [4.69, 9.17) is 4.42 Å². The summed E-state index contributed by atoms with van der Waals surface area (Å²) in [7, 11) is 0. The van der Waals surface area contributed by atoms with E-state index in [9.17, 15) is 4.79 Å². The zero-order chi connectivity index (χ0) is 16.9. The van der Waals surface area contributed by atoms with Crippen molar-refractivity contribution >= 4 is 5.91 Å². The number of rotatable bonds is 5. The number of amides is 1. The van der Waals surface area contributed by atoms with Gasteiger partial charge in [0.25, 0.3) is 0 Å². The molecule has 0 saturated heterocycles. The van der Waals surface area contributed by atoms with E-state index in [1.54, 1.807) is 4.90 Å². The second-order valence-corrected chi connectivity index (χ2v) is 5.79. The van der Waals surface area contributed by atoms with Gasteiger partial charge in [0, 0.05) is 18.2 Å². The molecule has 0 aliphatic heterocycles. The predicted octanol–water partition coefficient (Wildman–Crippen LogP) is 3.79. The Balaban J connectivity index is 1.82. The van der Waals surface area contributed by atoms with Gasteiger partial charge in [-0.2, -0.15) is 0 Å². The fourth-order valence-corrected chi connectivity index (χ4v) is 2.40. The number of carbonyl (C=O) groups excluding carboxylic acids is 1. The molecule has 0 saturated carbocycles. The van der Waals surface area contributed by atoms with Crippen LogP contribution in [-0.4, -0.2) is 27.0 Å². The monoisotopic (exact) mass is 321 g/mol. The lowest BCUT2D eigenvalue weighted by atomic mass is 10.2. The maximum absolute atomic E-state index is 12.8. The second-order valence-electron chi connectivity index (χ2n) is 5.79. The van der Waals surface area contributed by atoms with Crippen molar-refractivity contribution in [3.63, 3.8) is 0 Å². The lowest BCUT2D eigenvalue weighted by Gasteiger charge is -2.25. The molecule has 1 heterocycles. The molecule has 24 heavy (non-hydrogen) atoms. The highest BCUT2D eigenvalue weighted by atomic mass is 16.4. The Morgan fingerprint density at radius 3 is 2.25 bits per heavy atom. The van der Waals surface area contributed by atoms with Crippen LogP contribution >= 0.6 is 0 Å². The Bertz CT molecular complexity index is 798. The van der Waals surface area contributed by atoms with Crippen LogP contribution in [0.4, 0.5) is 0 Å². The third-order valence-corrected chi connectivity index (χ3v) is 3.71. The van der Waals surface area contributed by atoms with Crippen LogP contribution in [-0.2, 0) is 6.54 Å². The molecule has 5 nitrogen and oxygen atoms in total. The van der Waals surface area contributed by atoms with E-state index in [0.29, 0.717) is 12.4 Å². The van der Waals surface area contributed by atoms with Gasteiger partial charge in [-0.15, -0.1) is 10.2 Å². The van der Waals surface area contributed by atoms with Crippen LogP contribution in [0.5, 0.6) is 0 Å². The van der Waals surface area contributed by atoms with Crippen LogP contribution in [0.3, 0.4) is 0 Å². The summed E-state index contributed by atoms with van der Waals surface area (Å²) in [6, 6.07) is 19.3. The van der Waals surface area contributed by atoms with Gasteiger partial charge < -0.3 is 9.32 Å². The lowest BCUT2D eigenvalue weighted by Crippen LogP contribution is -2.36. The topological polar surface area (TPSA) is 59.2 Å². The highest BCUT2D eigenvalue weighted by molar-refractivity contribution is 5.90. The number of nitrogens with zero attached hydrogens (tertiary/aromatic N) is 3. The summed E-state index contributed by atoms with van der Waals surface area (Å²) in [6.07, 6.45) is 0. The van der Waals surface area contributed by atoms with Crippen LogP contribution in [0.25, 0.3) is 11.5 Å². The fraction of sp³-hybridized carbons (Fsp3) is 0.211. The average Bonchev–Trinajstić information content (AvgIpc) is 3.11. The molecule has 0 N–H and O–H groups in total. The minimum Gasteiger partial charge on any atom is -0.412 e. The zero-order valence-electron chi connectivity index (χ0n) is 13.7. The standard InChI is InChI=1S/C19H19N3O2/c1-14(2)22(13-15-9-5-3-6-10-15)19(23)18-21-20-17(24-18)16-11-7-4-8-12-16/h3-12,14H,13H2,1-2H3. The molecular weight excluding hydrogens is 302 g/mol. The van der Waals surface area contributed by atoms with E-state index in [1.165, 1.54) is 0 Å². The summed E-state index contributed by atoms with van der Waals surface area (Å²) in [5.74, 6) is 0.101. The van der Waals surface area contributed by atoms with Gasteiger partial charge in [-0.25, -0.2) is 0 Å². The SMILES string of the molecule is CC(C)N(Cc1ccccc1)C(=O)c1nnc(-c2ccccc2)o1. The van der Waals surface area contributed by atoms with Crippen molar-refractivity contribution in [2.24, 2.45) is 0 Å². The summed E-state index contributed by atoms with van der Waals surface area (Å²) in [5, 5.41) is 7.92. The van der Waals surface area contributed by atoms with E-state index in [2.05, 4.69) is 10.2 Å². The Kier molecular flexibility index (Phi) is 4.70. The molecular formula is C19H19N3O2. The minimum atomic E-state index is -0.261. The van der Waals surface area contributed by atoms with Gasteiger partial charge in [-0.3, -0.25) is 4.79 Å². The predicted molar refractivity (Wildman–Crippen MR) is 91.2 cm³/mol. The zero-order valence-corrected chi connectivity index (χ0v) is 13.7. The third-order valence-electron chi connectivity index (χ3n) is 3.71. The molecule has 0 aliphatic rings. The van der Waals surface area contributed by atoms with Crippen molar-refractivity contribution in [2.75, 3.05) is 0 Å². The molecule has 3 aromatic rings. The molecule has 0 atom stereocenters. The number of benzene rings is 2. The molecule has 2 aromatic carbocycles. The number of hydrogen-bond acceptors (Lipinski definition) is 4. The van der Waals surface area contributed by atoms with Gasteiger partial charge in [0.2, 0.25) is 5.89 Å². The second kappa shape index (κ2) is 7.08. The molecule has 1 amide bonds. The molecule has 0 unspecified atom stereocenters. The van der Waals surface area contributed by atoms with E-state index >= 15 is 0 Å². The molecule has 1 aromatic heterocycles. The van der Waals surface area contributed by atoms with Crippen molar-refractivity contribution in [1.29, 1.82) is 0 Å². The first kappa shape index (κ1) is 15.9. The highest BCUT2D eigenvalue weighted by Gasteiger charge is 2.24. The van der Waals surface area contributed by atoms with Crippen molar-refractivity contribution in [3.8, 4) is 11.5 Å². The molecule has 0 spiro atoms. The molecule has 122 valence electrons. The summed E-state index contributed by atoms with van der Waals surface area (Å²) in [4.78, 5) is 14.5. The first-order valence-electron chi connectivity index (χ1n) is 7.89. The Morgan fingerprint density at radius 2 is 1.62 bits per heavy atom. The normalized spacial score (nSPS) is 10.8. The maximum Gasteiger partial charge on any atom is 0.311 e. The lowest BCUT2D eigenvalue weighted by molar-refractivity contribution is 0.0650. The summed E-state index contributed by atoms with van der Waals surface area (Å²) in [5.41, 5.74) is 1.85. The van der Waals surface area contributed by atoms with Crippen molar-refractivity contribution in [2.45, 2.75) is 26.4 Å². The first-order valence-corrected chi connectivity index (χ1v) is 7.89. The van der Waals surface area contributed by atoms with Crippen molar-refractivity contribution in [3.05, 3.63) is 72.1 Å². The van der Waals surface area contributed by atoms with Crippen LogP contribution < -0.4 is 0 Å². The summed E-state index contributed by atoms with van der Waals surface area (Å²) >= 11 is 0. The fourth-order valence-electron chi connectivity index (χ4n) is 2.40. The highest BCUT2D eigenvalue weighted by Crippen LogP contribution is 2.19. The van der Waals surface area contributed by atoms with E-state index in [-0.39, 0.29) is 17.8 Å². The van der Waals surface area contributed by atoms with Gasteiger partial charge in [0.05, 0.1) is 0 Å². The van der Waals surface area contributed by atoms with Gasteiger partial charge in [-0.05, 0) is 31.5 Å². The number of hydrogen-bond donors (Lipinski definition) is 0. The molecule has 3 rings (SSSR count). The molecule has 5 heteroatoms. The van der Waals surface area contributed by atoms with Crippen molar-refractivity contribution in [1.82, 2.24) is 15.1 Å². The molecule has 0 radical (unpaired) electrons. The minimum absolute atomic E-state index is 0.0125. The number of aromatic nitrogens is 2. The van der Waals surface area contributed by atoms with Gasteiger partial charge in [0.1, 0.15) is 0 Å². The van der Waals surface area contributed by atoms with E-state index < -0.39 is 0 Å². The van der Waals surface area contributed by atoms with Crippen molar-refractivity contribution < 1.29 is 9.21 Å². The van der Waals surface area contributed by atoms with Gasteiger partial charge in [-0.1, -0.05) is 48.5 Å². The van der Waals surface area contributed by atoms with Gasteiger partial charge >= 0.3 is 11.8 Å². The summed E-state index contributed by atoms with van der Waals surface area (Å²) < 4.78 is 5.59. The maximum atomic E-state index is 12.8. The summed E-state index contributed by atoms with van der Waals surface area (Å²) in [6.45, 7) is 4.44. The van der Waals surface area contributed by atoms with Crippen LogP contribution in [0.15, 0.2) is 65.1 Å². The smallest absolute Gasteiger partial charge is 0.311 e. The quantitative estimate of drug-likeness (QED) is 0.717. The Hall–Kier alpha value is -2.95. The van der Waals surface area contributed by atoms with E-state index in [0.717, 1.165) is 11.1 Å². The molecule has 0 aliphatic carbocycles. The van der Waals surface area contributed by atoms with E-state index in [1.807, 2.05) is 74.5 Å². The molecule has 0 bridgehead atoms. The first-order chi connectivity index (χ1) is 11.6. The Morgan fingerprint density at radius 1 is 1.00 bits per heavy atom. The molecule has 0 fully saturated rings. The van der Waals surface area contributed by atoms with Crippen LogP contribution in [0.2, 0.25) is 0 Å². The Labute approximate surface area is 140 Å².